The Labute approximate surface area is 164 Å². The van der Waals surface area contributed by atoms with Crippen LogP contribution in [-0.4, -0.2) is 31.1 Å². The average Bonchev–Trinajstić information content (AvgIpc) is 3.36. The fourth-order valence-electron chi connectivity index (χ4n) is 3.03. The van der Waals surface area contributed by atoms with Gasteiger partial charge in [0, 0.05) is 43.8 Å². The van der Waals surface area contributed by atoms with E-state index in [0.717, 1.165) is 46.7 Å². The first-order valence-corrected chi connectivity index (χ1v) is 10.4. The Morgan fingerprint density at radius 3 is 2.78 bits per heavy atom. The molecular formula is C20H28N6S. The number of nitrogens with zero attached hydrogens (tertiary/aromatic N) is 5. The first-order chi connectivity index (χ1) is 13.1. The Kier molecular flexibility index (Phi) is 6.45. The summed E-state index contributed by atoms with van der Waals surface area (Å²) in [6.45, 7) is 8.27. The van der Waals surface area contributed by atoms with E-state index in [9.17, 15) is 0 Å². The van der Waals surface area contributed by atoms with Crippen LogP contribution in [0.5, 0.6) is 0 Å². The van der Waals surface area contributed by atoms with E-state index in [1.807, 2.05) is 37.2 Å². The highest BCUT2D eigenvalue weighted by molar-refractivity contribution is 7.13. The Hall–Kier alpha value is -2.41. The molecule has 0 atom stereocenters. The first-order valence-electron chi connectivity index (χ1n) is 9.48. The smallest absolute Gasteiger partial charge is 0.169 e. The molecule has 0 aliphatic carbocycles. The summed E-state index contributed by atoms with van der Waals surface area (Å²) in [6, 6.07) is 0. The first kappa shape index (κ1) is 19.4. The maximum atomic E-state index is 4.99. The second kappa shape index (κ2) is 8.99. The largest absolute Gasteiger partial charge is 0.392 e. The van der Waals surface area contributed by atoms with Crippen molar-refractivity contribution in [1.82, 2.24) is 29.4 Å². The summed E-state index contributed by atoms with van der Waals surface area (Å²) in [5.41, 5.74) is 0. The molecule has 0 aromatic carbocycles. The van der Waals surface area contributed by atoms with E-state index in [0.29, 0.717) is 12.5 Å². The van der Waals surface area contributed by atoms with Crippen molar-refractivity contribution in [1.29, 1.82) is 0 Å². The molecule has 0 aliphatic heterocycles. The molecule has 0 amide bonds. The monoisotopic (exact) mass is 384 g/mol. The highest BCUT2D eigenvalue weighted by Crippen LogP contribution is 2.20. The summed E-state index contributed by atoms with van der Waals surface area (Å²) in [5.74, 6) is 2.55. The third-order valence-corrected chi connectivity index (χ3v) is 5.05. The molecular weight excluding hydrogens is 356 g/mol. The molecule has 27 heavy (non-hydrogen) atoms. The van der Waals surface area contributed by atoms with Crippen molar-refractivity contribution >= 4 is 23.6 Å². The van der Waals surface area contributed by atoms with Crippen LogP contribution in [0.1, 0.15) is 39.4 Å². The summed E-state index contributed by atoms with van der Waals surface area (Å²) < 4.78 is 4.44. The summed E-state index contributed by atoms with van der Waals surface area (Å²) >= 11 is 1.60. The van der Waals surface area contributed by atoms with Gasteiger partial charge in [0.2, 0.25) is 0 Å². The number of aromatic nitrogens is 5. The van der Waals surface area contributed by atoms with Gasteiger partial charge < -0.3 is 14.5 Å². The molecule has 6 nitrogen and oxygen atoms in total. The van der Waals surface area contributed by atoms with Gasteiger partial charge in [0.25, 0.3) is 0 Å². The molecule has 3 heterocycles. The Balaban J connectivity index is 2.05. The van der Waals surface area contributed by atoms with Crippen molar-refractivity contribution in [3.8, 4) is 10.8 Å². The zero-order chi connectivity index (χ0) is 19.2. The molecule has 0 aliphatic rings. The van der Waals surface area contributed by atoms with Crippen molar-refractivity contribution in [2.75, 3.05) is 7.05 Å². The van der Waals surface area contributed by atoms with Crippen molar-refractivity contribution < 1.29 is 0 Å². The molecule has 0 unspecified atom stereocenters. The third kappa shape index (κ3) is 4.47. The van der Waals surface area contributed by atoms with Gasteiger partial charge in [-0.15, -0.1) is 11.3 Å². The van der Waals surface area contributed by atoms with E-state index < -0.39 is 0 Å². The molecule has 3 aromatic heterocycles. The van der Waals surface area contributed by atoms with Gasteiger partial charge in [-0.1, -0.05) is 26.8 Å². The summed E-state index contributed by atoms with van der Waals surface area (Å²) in [7, 11) is 1.94. The lowest BCUT2D eigenvalue weighted by molar-refractivity contribution is 0.601. The van der Waals surface area contributed by atoms with E-state index >= 15 is 0 Å². The van der Waals surface area contributed by atoms with Crippen LogP contribution < -0.4 is 16.0 Å². The van der Waals surface area contributed by atoms with Crippen LogP contribution in [0.15, 0.2) is 24.0 Å². The van der Waals surface area contributed by atoms with Crippen LogP contribution in [-0.2, 0) is 13.1 Å². The zero-order valence-electron chi connectivity index (χ0n) is 16.5. The van der Waals surface area contributed by atoms with E-state index in [4.69, 9.17) is 4.98 Å². The van der Waals surface area contributed by atoms with E-state index in [2.05, 4.69) is 51.3 Å². The number of thiazole rings is 1. The van der Waals surface area contributed by atoms with E-state index in [1.165, 1.54) is 0 Å². The van der Waals surface area contributed by atoms with Gasteiger partial charge in [-0.05, 0) is 18.8 Å². The Morgan fingerprint density at radius 2 is 2.11 bits per heavy atom. The minimum Gasteiger partial charge on any atom is -0.392 e. The minimum atomic E-state index is 0.609. The second-order valence-corrected chi connectivity index (χ2v) is 7.83. The molecule has 1 N–H and O–H groups in total. The molecule has 0 fully saturated rings. The number of rotatable bonds is 8. The lowest BCUT2D eigenvalue weighted by Crippen LogP contribution is -2.32. The zero-order valence-corrected chi connectivity index (χ0v) is 17.3. The van der Waals surface area contributed by atoms with Crippen LogP contribution in [0.4, 0.5) is 0 Å². The van der Waals surface area contributed by atoms with Crippen LogP contribution >= 0.6 is 11.3 Å². The van der Waals surface area contributed by atoms with Crippen molar-refractivity contribution in [2.24, 2.45) is 5.92 Å². The van der Waals surface area contributed by atoms with Crippen LogP contribution in [0.2, 0.25) is 0 Å². The third-order valence-electron chi connectivity index (χ3n) is 4.28. The van der Waals surface area contributed by atoms with Gasteiger partial charge in [0.15, 0.2) is 10.8 Å². The van der Waals surface area contributed by atoms with Crippen LogP contribution in [0, 0.1) is 5.92 Å². The van der Waals surface area contributed by atoms with Crippen molar-refractivity contribution in [3.63, 3.8) is 0 Å². The normalized spacial score (nSPS) is 13.1. The predicted molar refractivity (Wildman–Crippen MR) is 112 cm³/mol. The molecule has 7 heteroatoms. The summed E-state index contributed by atoms with van der Waals surface area (Å²) in [4.78, 5) is 13.9. The Morgan fingerprint density at radius 1 is 1.26 bits per heavy atom. The molecule has 3 rings (SSSR count). The lowest BCUT2D eigenvalue weighted by Gasteiger charge is -2.09. The number of hydrogen-bond donors (Lipinski definition) is 1. The summed E-state index contributed by atoms with van der Waals surface area (Å²) in [6.07, 6.45) is 12.0. The van der Waals surface area contributed by atoms with Crippen LogP contribution in [0.3, 0.4) is 0 Å². The Bertz CT molecular complexity index is 965. The molecule has 0 saturated heterocycles. The van der Waals surface area contributed by atoms with Gasteiger partial charge in [-0.2, -0.15) is 0 Å². The SMILES string of the molecule is CCCn1c(Cn2ccnc2-c2nccs2)nc(=C/CC(C)C)/c1=C\NC. The maximum Gasteiger partial charge on any atom is 0.169 e. The van der Waals surface area contributed by atoms with E-state index in [1.54, 1.807) is 11.3 Å². The number of hydrogen-bond acceptors (Lipinski definition) is 5. The molecule has 0 bridgehead atoms. The highest BCUT2D eigenvalue weighted by atomic mass is 32.1. The quantitative estimate of drug-likeness (QED) is 0.648. The van der Waals surface area contributed by atoms with Gasteiger partial charge in [-0.25, -0.2) is 15.0 Å². The van der Waals surface area contributed by atoms with Crippen molar-refractivity contribution in [3.05, 3.63) is 40.5 Å². The predicted octanol–water partition coefficient (Wildman–Crippen LogP) is 2.45. The maximum absolute atomic E-state index is 4.99. The fourth-order valence-corrected chi connectivity index (χ4v) is 3.68. The van der Waals surface area contributed by atoms with Gasteiger partial charge in [-0.3, -0.25) is 0 Å². The standard InChI is InChI=1S/C20H28N6S/c1-5-10-26-17(13-21-4)16(7-6-15(2)3)24-18(26)14-25-11-8-22-19(25)20-23-9-12-27-20/h7-9,11-13,15,21H,5-6,10,14H2,1-4H3/b16-7+,17-13+. The molecule has 0 saturated carbocycles. The number of imidazole rings is 2. The van der Waals surface area contributed by atoms with E-state index in [-0.39, 0.29) is 0 Å². The minimum absolute atomic E-state index is 0.609. The fraction of sp³-hybridized carbons (Fsp3) is 0.450. The van der Waals surface area contributed by atoms with Crippen molar-refractivity contribution in [2.45, 2.75) is 46.7 Å². The van der Waals surface area contributed by atoms with Gasteiger partial charge in [0.05, 0.1) is 17.2 Å². The van der Waals surface area contributed by atoms with Gasteiger partial charge in [0.1, 0.15) is 5.82 Å². The van der Waals surface area contributed by atoms with Crippen LogP contribution in [0.25, 0.3) is 23.1 Å². The molecule has 0 spiro atoms. The number of nitrogens with one attached hydrogen (secondary N) is 1. The van der Waals surface area contributed by atoms with Gasteiger partial charge >= 0.3 is 0 Å². The average molecular weight is 385 g/mol. The molecule has 144 valence electrons. The lowest BCUT2D eigenvalue weighted by atomic mass is 10.1. The topological polar surface area (TPSA) is 60.6 Å². The highest BCUT2D eigenvalue weighted by Gasteiger charge is 2.13. The molecule has 0 radical (unpaired) electrons. The summed E-state index contributed by atoms with van der Waals surface area (Å²) in [5, 5.41) is 8.29. The second-order valence-electron chi connectivity index (χ2n) is 6.93. The molecule has 3 aromatic rings.